The van der Waals surface area contributed by atoms with Gasteiger partial charge in [0, 0.05) is 17.5 Å². The fourth-order valence-electron chi connectivity index (χ4n) is 4.40. The minimum absolute atomic E-state index is 0.140. The fraction of sp³-hybridized carbons (Fsp3) is 0.381. The highest BCUT2D eigenvalue weighted by Gasteiger charge is 2.42. The summed E-state index contributed by atoms with van der Waals surface area (Å²) in [6.07, 6.45) is 3.83. The van der Waals surface area contributed by atoms with Crippen LogP contribution < -0.4 is 0 Å². The predicted molar refractivity (Wildman–Crippen MR) is 103 cm³/mol. The second kappa shape index (κ2) is 6.90. The van der Waals surface area contributed by atoms with Crippen LogP contribution in [0.25, 0.3) is 11.1 Å². The lowest BCUT2D eigenvalue weighted by molar-refractivity contribution is -0.384. The van der Waals surface area contributed by atoms with Gasteiger partial charge in [-0.25, -0.2) is 0 Å². The van der Waals surface area contributed by atoms with Crippen LogP contribution in [0.1, 0.15) is 63.1 Å². The normalized spacial score (nSPS) is 14.8. The number of non-ortho nitro benzene ring substituents is 1. The Morgan fingerprint density at radius 2 is 1.65 bits per heavy atom. The molecule has 0 fully saturated rings. The maximum atomic E-state index is 11.3. The van der Waals surface area contributed by atoms with Crippen LogP contribution in [0, 0.1) is 10.1 Å². The van der Waals surface area contributed by atoms with Gasteiger partial charge in [-0.1, -0.05) is 44.0 Å². The van der Waals surface area contributed by atoms with Gasteiger partial charge in [-0.15, -0.1) is 0 Å². The van der Waals surface area contributed by atoms with E-state index in [1.807, 2.05) is 12.1 Å². The molecule has 1 aliphatic rings. The average Bonchev–Trinajstić information content (AvgIpc) is 2.91. The van der Waals surface area contributed by atoms with E-state index in [1.165, 1.54) is 5.56 Å². The molecular formula is C21H24N2O3. The number of fused-ring (bicyclic) bond motifs is 3. The molecule has 2 aromatic carbocycles. The van der Waals surface area contributed by atoms with Crippen LogP contribution in [0.15, 0.2) is 41.6 Å². The zero-order chi connectivity index (χ0) is 18.9. The number of hydrogen-bond acceptors (Lipinski definition) is 4. The SMILES string of the molecule is CCCC1(CCC)c2cc(/C(C)=N/O)ccc2-c2ccc([N+](=O)[O-])cc21. The van der Waals surface area contributed by atoms with Crippen molar-refractivity contribution in [3.63, 3.8) is 0 Å². The molecular weight excluding hydrogens is 328 g/mol. The molecule has 0 radical (unpaired) electrons. The number of nitro groups is 1. The highest BCUT2D eigenvalue weighted by molar-refractivity contribution is 5.99. The molecule has 0 amide bonds. The maximum absolute atomic E-state index is 11.3. The molecule has 136 valence electrons. The second-order valence-corrected chi connectivity index (χ2v) is 7.01. The number of benzene rings is 2. The summed E-state index contributed by atoms with van der Waals surface area (Å²) in [5, 5.41) is 23.8. The summed E-state index contributed by atoms with van der Waals surface area (Å²) in [5.74, 6) is 0. The van der Waals surface area contributed by atoms with Crippen LogP contribution in [-0.2, 0) is 5.41 Å². The van der Waals surface area contributed by atoms with Crippen molar-refractivity contribution in [3.8, 4) is 11.1 Å². The van der Waals surface area contributed by atoms with Gasteiger partial charge in [0.15, 0.2) is 0 Å². The van der Waals surface area contributed by atoms with Gasteiger partial charge in [0.05, 0.1) is 10.6 Å². The molecule has 3 rings (SSSR count). The van der Waals surface area contributed by atoms with Crippen molar-refractivity contribution in [1.82, 2.24) is 0 Å². The Bertz CT molecular complexity index is 881. The minimum atomic E-state index is -0.320. The van der Waals surface area contributed by atoms with Crippen molar-refractivity contribution in [1.29, 1.82) is 0 Å². The first-order chi connectivity index (χ1) is 12.5. The van der Waals surface area contributed by atoms with Crippen LogP contribution in [-0.4, -0.2) is 15.8 Å². The molecule has 2 aromatic rings. The summed E-state index contributed by atoms with van der Waals surface area (Å²) >= 11 is 0. The summed E-state index contributed by atoms with van der Waals surface area (Å²) in [4.78, 5) is 11.0. The van der Waals surface area contributed by atoms with E-state index >= 15 is 0 Å². The van der Waals surface area contributed by atoms with Crippen molar-refractivity contribution in [2.24, 2.45) is 5.16 Å². The predicted octanol–water partition coefficient (Wildman–Crippen LogP) is 5.66. The quantitative estimate of drug-likeness (QED) is 0.315. The monoisotopic (exact) mass is 352 g/mol. The fourth-order valence-corrected chi connectivity index (χ4v) is 4.40. The van der Waals surface area contributed by atoms with Gasteiger partial charge < -0.3 is 5.21 Å². The minimum Gasteiger partial charge on any atom is -0.411 e. The summed E-state index contributed by atoms with van der Waals surface area (Å²) in [7, 11) is 0. The summed E-state index contributed by atoms with van der Waals surface area (Å²) in [5.41, 5.74) is 5.82. The summed E-state index contributed by atoms with van der Waals surface area (Å²) in [6, 6.07) is 11.3. The zero-order valence-electron chi connectivity index (χ0n) is 15.5. The Morgan fingerprint density at radius 1 is 1.08 bits per heavy atom. The molecule has 0 saturated heterocycles. The Balaban J connectivity index is 2.31. The third-order valence-electron chi connectivity index (χ3n) is 5.48. The molecule has 0 saturated carbocycles. The molecule has 0 heterocycles. The van der Waals surface area contributed by atoms with Gasteiger partial charge >= 0.3 is 0 Å². The van der Waals surface area contributed by atoms with Crippen LogP contribution in [0.2, 0.25) is 0 Å². The molecule has 0 unspecified atom stereocenters. The molecule has 0 aliphatic heterocycles. The topological polar surface area (TPSA) is 75.7 Å². The van der Waals surface area contributed by atoms with Crippen LogP contribution in [0.4, 0.5) is 5.69 Å². The lowest BCUT2D eigenvalue weighted by atomic mass is 9.71. The number of nitrogens with zero attached hydrogens (tertiary/aromatic N) is 2. The molecule has 0 aromatic heterocycles. The third-order valence-corrected chi connectivity index (χ3v) is 5.48. The maximum Gasteiger partial charge on any atom is 0.269 e. The molecule has 1 N–H and O–H groups in total. The number of nitro benzene ring substituents is 1. The first kappa shape index (κ1) is 18.1. The van der Waals surface area contributed by atoms with Crippen molar-refractivity contribution >= 4 is 11.4 Å². The molecule has 0 spiro atoms. The second-order valence-electron chi connectivity index (χ2n) is 7.01. The zero-order valence-corrected chi connectivity index (χ0v) is 15.5. The van der Waals surface area contributed by atoms with E-state index in [1.54, 1.807) is 19.1 Å². The van der Waals surface area contributed by atoms with E-state index in [4.69, 9.17) is 5.21 Å². The molecule has 5 heteroatoms. The molecule has 5 nitrogen and oxygen atoms in total. The van der Waals surface area contributed by atoms with E-state index in [0.29, 0.717) is 5.71 Å². The average molecular weight is 352 g/mol. The number of hydrogen-bond donors (Lipinski definition) is 1. The van der Waals surface area contributed by atoms with Gasteiger partial charge in [0.25, 0.3) is 5.69 Å². The molecule has 0 atom stereocenters. The Hall–Kier alpha value is -2.69. The van der Waals surface area contributed by atoms with Gasteiger partial charge in [0.2, 0.25) is 0 Å². The summed E-state index contributed by atoms with van der Waals surface area (Å²) < 4.78 is 0. The first-order valence-electron chi connectivity index (χ1n) is 9.11. The van der Waals surface area contributed by atoms with Gasteiger partial charge in [-0.05, 0) is 59.7 Å². The van der Waals surface area contributed by atoms with E-state index < -0.39 is 0 Å². The number of rotatable bonds is 6. The smallest absolute Gasteiger partial charge is 0.269 e. The number of oxime groups is 1. The van der Waals surface area contributed by atoms with Gasteiger partial charge in [0.1, 0.15) is 0 Å². The highest BCUT2D eigenvalue weighted by atomic mass is 16.6. The van der Waals surface area contributed by atoms with Crippen LogP contribution in [0.3, 0.4) is 0 Å². The van der Waals surface area contributed by atoms with Crippen molar-refractivity contribution in [3.05, 3.63) is 63.2 Å². The largest absolute Gasteiger partial charge is 0.411 e. The van der Waals surface area contributed by atoms with Crippen molar-refractivity contribution in [2.45, 2.75) is 51.9 Å². The molecule has 0 bridgehead atoms. The van der Waals surface area contributed by atoms with Gasteiger partial charge in [-0.3, -0.25) is 10.1 Å². The lowest BCUT2D eigenvalue weighted by Crippen LogP contribution is -2.25. The van der Waals surface area contributed by atoms with Crippen molar-refractivity contribution < 1.29 is 10.1 Å². The highest BCUT2D eigenvalue weighted by Crippen LogP contribution is 2.54. The van der Waals surface area contributed by atoms with E-state index in [-0.39, 0.29) is 16.0 Å². The standard InChI is InChI=1S/C21H24N2O3/c1-4-10-21(11-5-2)19-12-15(14(3)22-24)6-8-17(19)18-9-7-16(23(25)26)13-20(18)21/h6-9,12-13,24H,4-5,10-11H2,1-3H3/b22-14+. The first-order valence-corrected chi connectivity index (χ1v) is 9.11. The molecule has 26 heavy (non-hydrogen) atoms. The van der Waals surface area contributed by atoms with Crippen LogP contribution >= 0.6 is 0 Å². The Labute approximate surface area is 153 Å². The van der Waals surface area contributed by atoms with E-state index in [0.717, 1.165) is 47.9 Å². The Morgan fingerprint density at radius 3 is 2.19 bits per heavy atom. The summed E-state index contributed by atoms with van der Waals surface area (Å²) in [6.45, 7) is 6.07. The lowest BCUT2D eigenvalue weighted by Gasteiger charge is -2.32. The molecule has 1 aliphatic carbocycles. The van der Waals surface area contributed by atoms with E-state index in [2.05, 4.69) is 31.1 Å². The van der Waals surface area contributed by atoms with Crippen LogP contribution in [0.5, 0.6) is 0 Å². The Kier molecular flexibility index (Phi) is 4.81. The third kappa shape index (κ3) is 2.68. The van der Waals surface area contributed by atoms with Crippen molar-refractivity contribution in [2.75, 3.05) is 0 Å². The van der Waals surface area contributed by atoms with E-state index in [9.17, 15) is 10.1 Å². The van der Waals surface area contributed by atoms with Gasteiger partial charge in [-0.2, -0.15) is 0 Å².